The molecule has 0 unspecified atom stereocenters. The van der Waals surface area contributed by atoms with Crippen molar-refractivity contribution in [2.75, 3.05) is 50.5 Å². The molecule has 11 heteroatoms. The lowest BCUT2D eigenvalue weighted by Crippen LogP contribution is -2.50. The Kier molecular flexibility index (Phi) is 7.33. The van der Waals surface area contributed by atoms with Crippen LogP contribution in [0.4, 0.5) is 22.2 Å². The van der Waals surface area contributed by atoms with Crippen LogP contribution in [0.5, 0.6) is 0 Å². The third-order valence-electron chi connectivity index (χ3n) is 7.18. The maximum Gasteiger partial charge on any atom is 0.410 e. The highest BCUT2D eigenvalue weighted by molar-refractivity contribution is 5.97. The van der Waals surface area contributed by atoms with Crippen molar-refractivity contribution < 1.29 is 14.3 Å². The second-order valence-corrected chi connectivity index (χ2v) is 11.5. The predicted molar refractivity (Wildman–Crippen MR) is 151 cm³/mol. The normalized spacial score (nSPS) is 16.5. The van der Waals surface area contributed by atoms with Gasteiger partial charge in [0.05, 0.1) is 11.9 Å². The van der Waals surface area contributed by atoms with Crippen molar-refractivity contribution in [1.82, 2.24) is 29.3 Å². The van der Waals surface area contributed by atoms with E-state index < -0.39 is 5.60 Å². The molecular formula is C28H38N8O3. The lowest BCUT2D eigenvalue weighted by Gasteiger charge is -2.36. The molecule has 1 aliphatic carbocycles. The molecule has 1 aliphatic heterocycles. The minimum absolute atomic E-state index is 0.0291. The first-order valence-electron chi connectivity index (χ1n) is 13.6. The van der Waals surface area contributed by atoms with Gasteiger partial charge in [0.2, 0.25) is 5.95 Å². The molecule has 1 saturated heterocycles. The van der Waals surface area contributed by atoms with Crippen molar-refractivity contribution in [2.45, 2.75) is 58.1 Å². The van der Waals surface area contributed by atoms with E-state index >= 15 is 0 Å². The fourth-order valence-corrected chi connectivity index (χ4v) is 5.23. The summed E-state index contributed by atoms with van der Waals surface area (Å²) < 4.78 is 7.59. The fourth-order valence-electron chi connectivity index (χ4n) is 5.23. The number of carbonyl (C=O) groups excluding carboxylic acids is 2. The van der Waals surface area contributed by atoms with Crippen LogP contribution in [0.1, 0.15) is 63.0 Å². The molecular weight excluding hydrogens is 496 g/mol. The van der Waals surface area contributed by atoms with E-state index in [2.05, 4.69) is 24.8 Å². The Morgan fingerprint density at radius 1 is 1.03 bits per heavy atom. The molecule has 2 aliphatic rings. The third-order valence-corrected chi connectivity index (χ3v) is 7.18. The summed E-state index contributed by atoms with van der Waals surface area (Å²) in [6.07, 6.45) is 7.71. The van der Waals surface area contributed by atoms with Gasteiger partial charge in [0.1, 0.15) is 22.8 Å². The van der Waals surface area contributed by atoms with Crippen molar-refractivity contribution in [2.24, 2.45) is 0 Å². The van der Waals surface area contributed by atoms with Gasteiger partial charge in [0.25, 0.3) is 5.91 Å². The lowest BCUT2D eigenvalue weighted by atomic mass is 10.2. The van der Waals surface area contributed by atoms with Gasteiger partial charge in [-0.2, -0.15) is 4.98 Å². The van der Waals surface area contributed by atoms with Crippen LogP contribution in [0, 0.1) is 0 Å². The zero-order valence-electron chi connectivity index (χ0n) is 23.5. The number of hydrogen-bond donors (Lipinski definition) is 1. The van der Waals surface area contributed by atoms with Crippen molar-refractivity contribution in [3.8, 4) is 0 Å². The van der Waals surface area contributed by atoms with E-state index in [4.69, 9.17) is 9.72 Å². The Morgan fingerprint density at radius 3 is 2.36 bits per heavy atom. The predicted octanol–water partition coefficient (Wildman–Crippen LogP) is 4.44. The SMILES string of the molecule is CN(C)C(=O)c1cc2cnc(Nc3ccc(N4CCN(C(=O)OC(C)(C)C)CC4)cn3)nc2n1C1CCCC1. The Balaban J connectivity index is 1.28. The van der Waals surface area contributed by atoms with Gasteiger partial charge >= 0.3 is 6.09 Å². The summed E-state index contributed by atoms with van der Waals surface area (Å²) in [7, 11) is 3.54. The van der Waals surface area contributed by atoms with Crippen LogP contribution in [0.3, 0.4) is 0 Å². The van der Waals surface area contributed by atoms with Gasteiger partial charge in [-0.25, -0.2) is 14.8 Å². The number of amides is 2. The van der Waals surface area contributed by atoms with E-state index in [0.717, 1.165) is 42.4 Å². The first-order valence-corrected chi connectivity index (χ1v) is 13.6. The standard InChI is InChI=1S/C28H38N8O3/c1-28(2,3)39-27(38)35-14-12-34(13-15-35)21-10-11-23(29-18-21)31-26-30-17-19-16-22(25(37)33(4)5)36(24(19)32-26)20-8-6-7-9-20/h10-11,16-18,20H,6-9,12-15H2,1-5H3,(H,29,30,31,32). The number of carbonyl (C=O) groups is 2. The third kappa shape index (κ3) is 5.91. The van der Waals surface area contributed by atoms with Gasteiger partial charge in [-0.15, -0.1) is 0 Å². The summed E-state index contributed by atoms with van der Waals surface area (Å²) in [6, 6.07) is 6.07. The number of piperazine rings is 1. The minimum atomic E-state index is -0.499. The number of hydrogen-bond acceptors (Lipinski definition) is 8. The van der Waals surface area contributed by atoms with E-state index in [1.165, 1.54) is 0 Å². The highest BCUT2D eigenvalue weighted by Gasteiger charge is 2.27. The van der Waals surface area contributed by atoms with Gasteiger partial charge in [0.15, 0.2) is 0 Å². The van der Waals surface area contributed by atoms with Crippen molar-refractivity contribution in [3.05, 3.63) is 36.3 Å². The molecule has 3 aromatic heterocycles. The van der Waals surface area contributed by atoms with Gasteiger partial charge < -0.3 is 29.3 Å². The number of fused-ring (bicyclic) bond motifs is 1. The molecule has 1 saturated carbocycles. The van der Waals surface area contributed by atoms with Crippen LogP contribution in [0.25, 0.3) is 11.0 Å². The van der Waals surface area contributed by atoms with Crippen LogP contribution in [0.15, 0.2) is 30.6 Å². The Bertz CT molecular complexity index is 1330. The zero-order valence-corrected chi connectivity index (χ0v) is 23.5. The molecule has 0 atom stereocenters. The van der Waals surface area contributed by atoms with Crippen LogP contribution in [-0.4, -0.2) is 87.2 Å². The van der Waals surface area contributed by atoms with Crippen LogP contribution < -0.4 is 10.2 Å². The second-order valence-electron chi connectivity index (χ2n) is 11.5. The highest BCUT2D eigenvalue weighted by atomic mass is 16.6. The second kappa shape index (κ2) is 10.7. The van der Waals surface area contributed by atoms with Crippen molar-refractivity contribution >= 4 is 40.5 Å². The molecule has 2 fully saturated rings. The van der Waals surface area contributed by atoms with Crippen LogP contribution in [-0.2, 0) is 4.74 Å². The zero-order chi connectivity index (χ0) is 27.7. The van der Waals surface area contributed by atoms with Gasteiger partial charge in [-0.05, 0) is 51.8 Å². The van der Waals surface area contributed by atoms with E-state index in [1.807, 2.05) is 45.2 Å². The summed E-state index contributed by atoms with van der Waals surface area (Å²) in [4.78, 5) is 44.7. The van der Waals surface area contributed by atoms with Crippen LogP contribution in [0.2, 0.25) is 0 Å². The molecule has 2 amide bonds. The summed E-state index contributed by atoms with van der Waals surface area (Å²) >= 11 is 0. The smallest absolute Gasteiger partial charge is 0.410 e. The molecule has 5 rings (SSSR count). The maximum atomic E-state index is 12.9. The number of ether oxygens (including phenoxy) is 1. The average molecular weight is 535 g/mol. The highest BCUT2D eigenvalue weighted by Crippen LogP contribution is 2.35. The summed E-state index contributed by atoms with van der Waals surface area (Å²) in [5, 5.41) is 4.07. The van der Waals surface area contributed by atoms with Gasteiger partial charge in [-0.1, -0.05) is 12.8 Å². The van der Waals surface area contributed by atoms with E-state index in [0.29, 0.717) is 43.6 Å². The maximum absolute atomic E-state index is 12.9. The van der Waals surface area contributed by atoms with Gasteiger partial charge in [-0.3, -0.25) is 4.79 Å². The lowest BCUT2D eigenvalue weighted by molar-refractivity contribution is 0.0240. The summed E-state index contributed by atoms with van der Waals surface area (Å²) in [5.41, 5.74) is 1.91. The molecule has 208 valence electrons. The number of pyridine rings is 1. The van der Waals surface area contributed by atoms with E-state index in [1.54, 1.807) is 30.1 Å². The Morgan fingerprint density at radius 2 is 1.74 bits per heavy atom. The van der Waals surface area contributed by atoms with Crippen LogP contribution >= 0.6 is 0 Å². The number of aromatic nitrogens is 4. The van der Waals surface area contributed by atoms with Crippen molar-refractivity contribution in [1.29, 1.82) is 0 Å². The first kappa shape index (κ1) is 26.7. The Labute approximate surface area is 229 Å². The number of nitrogens with zero attached hydrogens (tertiary/aromatic N) is 7. The fraction of sp³-hybridized carbons (Fsp3) is 0.536. The molecule has 1 N–H and O–H groups in total. The largest absolute Gasteiger partial charge is 0.444 e. The monoisotopic (exact) mass is 534 g/mol. The number of rotatable bonds is 5. The topological polar surface area (TPSA) is 109 Å². The number of nitrogens with one attached hydrogen (secondary N) is 1. The first-order chi connectivity index (χ1) is 18.6. The molecule has 3 aromatic rings. The Hall–Kier alpha value is -3.89. The van der Waals surface area contributed by atoms with E-state index in [-0.39, 0.29) is 18.0 Å². The summed E-state index contributed by atoms with van der Waals surface area (Å²) in [5.74, 6) is 1.04. The molecule has 0 spiro atoms. The molecule has 39 heavy (non-hydrogen) atoms. The molecule has 11 nitrogen and oxygen atoms in total. The quantitative estimate of drug-likeness (QED) is 0.512. The minimum Gasteiger partial charge on any atom is -0.444 e. The van der Waals surface area contributed by atoms with Crippen molar-refractivity contribution in [3.63, 3.8) is 0 Å². The molecule has 0 aromatic carbocycles. The van der Waals surface area contributed by atoms with Gasteiger partial charge in [0, 0.05) is 57.9 Å². The average Bonchev–Trinajstić information content (AvgIpc) is 3.55. The molecule has 0 bridgehead atoms. The molecule has 4 heterocycles. The summed E-state index contributed by atoms with van der Waals surface area (Å²) in [6.45, 7) is 8.25. The van der Waals surface area contributed by atoms with E-state index in [9.17, 15) is 9.59 Å². The molecule has 0 radical (unpaired) electrons. The number of anilines is 3.